The molecule has 0 N–H and O–H groups in total. The molecule has 0 unspecified atom stereocenters. The summed E-state index contributed by atoms with van der Waals surface area (Å²) >= 11 is 0. The summed E-state index contributed by atoms with van der Waals surface area (Å²) in [7, 11) is 0. The molecule has 72 heavy (non-hydrogen) atoms. The molecule has 0 atom stereocenters. The van der Waals surface area contributed by atoms with Crippen molar-refractivity contribution in [2.24, 2.45) is 0 Å². The van der Waals surface area contributed by atoms with Crippen molar-refractivity contribution in [2.45, 2.75) is 37.5 Å². The van der Waals surface area contributed by atoms with Gasteiger partial charge >= 0.3 is 0 Å². The van der Waals surface area contributed by atoms with E-state index in [4.69, 9.17) is 0 Å². The topological polar surface area (TPSA) is 8.81 Å². The minimum atomic E-state index is -0.0549. The lowest BCUT2D eigenvalue weighted by molar-refractivity contribution is -0.595. The molecule has 350 valence electrons. The molecule has 0 aliphatic heterocycles. The van der Waals surface area contributed by atoms with Crippen molar-refractivity contribution < 1.29 is 17.0 Å². The molecule has 0 saturated carbocycles. The lowest BCUT2D eigenvalue weighted by Crippen LogP contribution is -3.00. The summed E-state index contributed by atoms with van der Waals surface area (Å²) in [6.45, 7) is 4.52. The molecule has 0 radical (unpaired) electrons. The van der Waals surface area contributed by atoms with Crippen molar-refractivity contribution in [1.29, 1.82) is 0 Å². The van der Waals surface area contributed by atoms with E-state index in [-0.39, 0.29) is 36.1 Å². The standard InChI is InChI=1S/C69H57N2.ClH/c1-50-45-60(64(52-27-11-3-12-28-52)53-29-13-4-14-30-53)68(61(46-50)65(54-31-15-5-16-32-54)55-33-17-6-18-34-55)70-43-44-71(49-70)69-62(66(56-35-19-7-20-36-56)57-37-21-8-22-38-57)47-51(2)48-63(69)67(58-39-23-9-24-40-58)59-41-25-10-26-42-59;/h3-49,64-67H,1-2H3;1H/q+1;/p-1. The van der Waals surface area contributed by atoms with E-state index < -0.39 is 0 Å². The molecule has 11 rings (SSSR count). The molecule has 1 heterocycles. The van der Waals surface area contributed by atoms with Crippen LogP contribution >= 0.6 is 0 Å². The molecule has 2 nitrogen and oxygen atoms in total. The monoisotopic (exact) mass is 948 g/mol. The number of hydrogen-bond acceptors (Lipinski definition) is 0. The maximum Gasteiger partial charge on any atom is 0.254 e. The zero-order chi connectivity index (χ0) is 47.9. The minimum absolute atomic E-state index is 0. The van der Waals surface area contributed by atoms with Crippen LogP contribution in [0, 0.1) is 13.8 Å². The third kappa shape index (κ3) is 9.75. The van der Waals surface area contributed by atoms with E-state index in [1.54, 1.807) is 0 Å². The molecule has 0 aliphatic carbocycles. The molecule has 11 aromatic rings. The van der Waals surface area contributed by atoms with Crippen molar-refractivity contribution in [1.82, 2.24) is 4.57 Å². The van der Waals surface area contributed by atoms with Crippen LogP contribution in [0.15, 0.2) is 286 Å². The maximum absolute atomic E-state index is 2.44. The Morgan fingerprint density at radius 1 is 0.306 bits per heavy atom. The summed E-state index contributed by atoms with van der Waals surface area (Å²) in [6.07, 6.45) is 6.95. The van der Waals surface area contributed by atoms with Gasteiger partial charge in [0.1, 0.15) is 23.8 Å². The van der Waals surface area contributed by atoms with Gasteiger partial charge in [0.05, 0.1) is 0 Å². The maximum atomic E-state index is 2.44. The van der Waals surface area contributed by atoms with Gasteiger partial charge in [0, 0.05) is 45.9 Å². The van der Waals surface area contributed by atoms with Gasteiger partial charge in [-0.2, -0.15) is 0 Å². The molecule has 0 spiro atoms. The van der Waals surface area contributed by atoms with Crippen molar-refractivity contribution >= 4 is 0 Å². The van der Waals surface area contributed by atoms with Crippen LogP contribution in [-0.2, 0) is 0 Å². The van der Waals surface area contributed by atoms with Crippen LogP contribution in [0.1, 0.15) is 102 Å². The molecule has 3 heteroatoms. The predicted octanol–water partition coefficient (Wildman–Crippen LogP) is 13.1. The van der Waals surface area contributed by atoms with Crippen LogP contribution < -0.4 is 17.0 Å². The summed E-state index contributed by atoms with van der Waals surface area (Å²) in [6, 6.07) is 98.1. The summed E-state index contributed by atoms with van der Waals surface area (Å²) in [4.78, 5) is 0. The highest BCUT2D eigenvalue weighted by Crippen LogP contribution is 2.45. The molecular weight excluding hydrogens is 892 g/mol. The Bertz CT molecular complexity index is 2870. The molecular formula is C69H57ClN2. The van der Waals surface area contributed by atoms with Crippen molar-refractivity contribution in [3.63, 3.8) is 0 Å². The summed E-state index contributed by atoms with van der Waals surface area (Å²) < 4.78 is 4.85. The number of nitrogens with zero attached hydrogens (tertiary/aromatic N) is 2. The van der Waals surface area contributed by atoms with Gasteiger partial charge in [-0.15, -0.1) is 0 Å². The van der Waals surface area contributed by atoms with Gasteiger partial charge in [0.25, 0.3) is 6.33 Å². The second-order valence-corrected chi connectivity index (χ2v) is 18.8. The largest absolute Gasteiger partial charge is 1.00 e. The first kappa shape index (κ1) is 47.4. The second kappa shape index (κ2) is 21.8. The van der Waals surface area contributed by atoms with Crippen LogP contribution in [0.3, 0.4) is 0 Å². The molecule has 10 aromatic carbocycles. The van der Waals surface area contributed by atoms with Gasteiger partial charge < -0.3 is 12.4 Å². The first-order valence-corrected chi connectivity index (χ1v) is 24.9. The average molecular weight is 950 g/mol. The Balaban J connectivity index is 0.00000596. The van der Waals surface area contributed by atoms with Gasteiger partial charge in [-0.1, -0.05) is 278 Å². The number of benzene rings is 10. The van der Waals surface area contributed by atoms with Crippen molar-refractivity contribution in [3.8, 4) is 11.4 Å². The molecule has 0 bridgehead atoms. The second-order valence-electron chi connectivity index (χ2n) is 18.8. The lowest BCUT2D eigenvalue weighted by atomic mass is 9.78. The summed E-state index contributed by atoms with van der Waals surface area (Å²) in [5.74, 6) is -0.220. The first-order chi connectivity index (χ1) is 35.1. The van der Waals surface area contributed by atoms with Crippen LogP contribution in [-0.4, -0.2) is 4.57 Å². The van der Waals surface area contributed by atoms with Crippen LogP contribution in [0.4, 0.5) is 0 Å². The van der Waals surface area contributed by atoms with Crippen molar-refractivity contribution in [2.75, 3.05) is 0 Å². The van der Waals surface area contributed by atoms with E-state index in [9.17, 15) is 0 Å². The lowest BCUT2D eigenvalue weighted by Gasteiger charge is -2.27. The summed E-state index contributed by atoms with van der Waals surface area (Å²) in [5, 5.41) is 0. The fourth-order valence-electron chi connectivity index (χ4n) is 11.1. The predicted molar refractivity (Wildman–Crippen MR) is 292 cm³/mol. The highest BCUT2D eigenvalue weighted by atomic mass is 35.5. The molecule has 0 aliphatic rings. The molecule has 0 saturated heterocycles. The Labute approximate surface area is 431 Å². The Kier molecular flexibility index (Phi) is 14.3. The minimum Gasteiger partial charge on any atom is -1.00 e. The third-order valence-corrected chi connectivity index (χ3v) is 14.1. The zero-order valence-corrected chi connectivity index (χ0v) is 41.5. The quantitative estimate of drug-likeness (QED) is 0.0759. The summed E-state index contributed by atoms with van der Waals surface area (Å²) in [5.41, 5.74) is 19.8. The zero-order valence-electron chi connectivity index (χ0n) is 40.7. The number of imidazole rings is 1. The molecule has 1 aromatic heterocycles. The van der Waals surface area contributed by atoms with E-state index in [1.165, 1.54) is 89.3 Å². The number of rotatable bonds is 14. The fraction of sp³-hybridized carbons (Fsp3) is 0.0870. The van der Waals surface area contributed by atoms with Crippen LogP contribution in [0.5, 0.6) is 0 Å². The highest BCUT2D eigenvalue weighted by Gasteiger charge is 2.34. The molecule has 0 amide bonds. The SMILES string of the molecule is Cc1cc(C(c2ccccc2)c2ccccc2)c(-n2cc[n+](-c3c(C(c4ccccc4)c4ccccc4)cc(C)cc3C(c3ccccc3)c3ccccc3)c2)c(C(c2ccccc2)c2ccccc2)c1.[Cl-]. The Morgan fingerprint density at radius 2 is 0.528 bits per heavy atom. The number of hydrogen-bond donors (Lipinski definition) is 0. The van der Waals surface area contributed by atoms with Crippen LogP contribution in [0.2, 0.25) is 0 Å². The van der Waals surface area contributed by atoms with Gasteiger partial charge in [0.2, 0.25) is 0 Å². The Morgan fingerprint density at radius 3 is 0.778 bits per heavy atom. The third-order valence-electron chi connectivity index (χ3n) is 14.1. The molecule has 0 fully saturated rings. The van der Waals surface area contributed by atoms with Crippen molar-refractivity contribution in [3.05, 3.63) is 364 Å². The van der Waals surface area contributed by atoms with E-state index in [1.807, 2.05) is 0 Å². The average Bonchev–Trinajstić information content (AvgIpc) is 3.91. The fourth-order valence-corrected chi connectivity index (χ4v) is 11.1. The van der Waals surface area contributed by atoms with E-state index in [0.717, 1.165) is 0 Å². The van der Waals surface area contributed by atoms with E-state index >= 15 is 0 Å². The van der Waals surface area contributed by atoms with E-state index in [0.29, 0.717) is 0 Å². The van der Waals surface area contributed by atoms with Gasteiger partial charge in [0.15, 0.2) is 0 Å². The first-order valence-electron chi connectivity index (χ1n) is 24.9. The number of aromatic nitrogens is 2. The van der Waals surface area contributed by atoms with Gasteiger partial charge in [-0.25, -0.2) is 9.13 Å². The van der Waals surface area contributed by atoms with Crippen LogP contribution in [0.25, 0.3) is 11.4 Å². The smallest absolute Gasteiger partial charge is 0.254 e. The Hall–Kier alpha value is -8.30. The normalized spacial score (nSPS) is 11.3. The van der Waals surface area contributed by atoms with Gasteiger partial charge in [-0.05, 0) is 58.4 Å². The van der Waals surface area contributed by atoms with Gasteiger partial charge in [-0.3, -0.25) is 0 Å². The van der Waals surface area contributed by atoms with E-state index in [2.05, 4.69) is 309 Å². The number of halogens is 1. The highest BCUT2D eigenvalue weighted by molar-refractivity contribution is 5.63. The number of aryl methyl sites for hydroxylation is 2.